The van der Waals surface area contributed by atoms with E-state index in [-0.39, 0.29) is 6.04 Å². The molecule has 2 unspecified atom stereocenters. The van der Waals surface area contributed by atoms with E-state index in [1.807, 2.05) is 18.7 Å². The molecule has 0 saturated carbocycles. The first-order valence-corrected chi connectivity index (χ1v) is 7.72. The first-order chi connectivity index (χ1) is 8.06. The molecule has 0 aliphatic carbocycles. The van der Waals surface area contributed by atoms with Gasteiger partial charge in [-0.1, -0.05) is 25.6 Å². The Balaban J connectivity index is 1.90. The molecule has 1 N–H and O–H groups in total. The molecule has 0 fully saturated rings. The summed E-state index contributed by atoms with van der Waals surface area (Å²) in [6.45, 7) is 9.62. The quantitative estimate of drug-likeness (QED) is 0.915. The molecule has 1 aliphatic rings. The molecular weight excluding hydrogens is 250 g/mol. The second-order valence-corrected chi connectivity index (χ2v) is 6.86. The van der Waals surface area contributed by atoms with Crippen molar-refractivity contribution in [2.45, 2.75) is 39.0 Å². The van der Waals surface area contributed by atoms with E-state index in [1.165, 1.54) is 0 Å². The molecule has 1 aliphatic heterocycles. The van der Waals surface area contributed by atoms with Crippen LogP contribution in [0.3, 0.4) is 0 Å². The highest BCUT2D eigenvalue weighted by molar-refractivity contribution is 8.14. The molecular formula is C12H19N3S2. The standard InChI is InChI=1S/C12H19N3S2/c1-7(2)10-5-13-12(17-10)15-9(4)11-14-8(3)6-16-11/h6-7,9-10H,5H2,1-4H3,(H,13,15). The van der Waals surface area contributed by atoms with Gasteiger partial charge in [-0.05, 0) is 19.8 Å². The van der Waals surface area contributed by atoms with Crippen LogP contribution < -0.4 is 5.32 Å². The van der Waals surface area contributed by atoms with Crippen molar-refractivity contribution in [2.24, 2.45) is 10.9 Å². The van der Waals surface area contributed by atoms with Gasteiger partial charge in [0.15, 0.2) is 5.17 Å². The third-order valence-corrected chi connectivity index (χ3v) is 5.38. The molecule has 1 aromatic rings. The van der Waals surface area contributed by atoms with Crippen LogP contribution >= 0.6 is 23.1 Å². The Labute approximate surface area is 111 Å². The zero-order chi connectivity index (χ0) is 12.4. The summed E-state index contributed by atoms with van der Waals surface area (Å²) in [5, 5.41) is 8.38. The Morgan fingerprint density at radius 3 is 2.71 bits per heavy atom. The minimum atomic E-state index is 0.255. The number of amidine groups is 1. The van der Waals surface area contributed by atoms with Crippen LogP contribution in [0.15, 0.2) is 10.4 Å². The molecule has 0 bridgehead atoms. The van der Waals surface area contributed by atoms with Gasteiger partial charge in [-0.25, -0.2) is 4.98 Å². The normalized spacial score (nSPS) is 21.7. The molecule has 5 heteroatoms. The summed E-state index contributed by atoms with van der Waals surface area (Å²) in [5.41, 5.74) is 1.10. The highest BCUT2D eigenvalue weighted by atomic mass is 32.2. The van der Waals surface area contributed by atoms with Crippen LogP contribution in [0, 0.1) is 12.8 Å². The van der Waals surface area contributed by atoms with E-state index in [2.05, 4.69) is 41.4 Å². The van der Waals surface area contributed by atoms with Crippen LogP contribution in [0.4, 0.5) is 0 Å². The van der Waals surface area contributed by atoms with E-state index in [4.69, 9.17) is 0 Å². The van der Waals surface area contributed by atoms with Gasteiger partial charge in [-0.3, -0.25) is 4.99 Å². The van der Waals surface area contributed by atoms with Gasteiger partial charge < -0.3 is 5.32 Å². The van der Waals surface area contributed by atoms with E-state index in [9.17, 15) is 0 Å². The highest BCUT2D eigenvalue weighted by Gasteiger charge is 2.23. The van der Waals surface area contributed by atoms with Crippen molar-refractivity contribution in [3.8, 4) is 0 Å². The third kappa shape index (κ3) is 3.22. The number of aryl methyl sites for hydroxylation is 1. The van der Waals surface area contributed by atoms with Crippen molar-refractivity contribution in [3.05, 3.63) is 16.1 Å². The van der Waals surface area contributed by atoms with Crippen molar-refractivity contribution in [3.63, 3.8) is 0 Å². The fourth-order valence-corrected chi connectivity index (χ4v) is 3.54. The highest BCUT2D eigenvalue weighted by Crippen LogP contribution is 2.27. The number of hydrogen-bond donors (Lipinski definition) is 1. The number of aliphatic imine (C=N–C) groups is 1. The maximum atomic E-state index is 4.56. The number of thiazole rings is 1. The van der Waals surface area contributed by atoms with Gasteiger partial charge in [0.2, 0.25) is 0 Å². The third-order valence-electron chi connectivity index (χ3n) is 2.77. The second kappa shape index (κ2) is 5.40. The summed E-state index contributed by atoms with van der Waals surface area (Å²) in [6.07, 6.45) is 0. The molecule has 2 rings (SSSR count). The molecule has 0 radical (unpaired) electrons. The Hall–Kier alpha value is -0.550. The van der Waals surface area contributed by atoms with Gasteiger partial charge in [0.05, 0.1) is 12.6 Å². The van der Waals surface area contributed by atoms with Crippen LogP contribution in [0.25, 0.3) is 0 Å². The Morgan fingerprint density at radius 1 is 1.41 bits per heavy atom. The van der Waals surface area contributed by atoms with Gasteiger partial charge in [0, 0.05) is 16.3 Å². The minimum absolute atomic E-state index is 0.255. The smallest absolute Gasteiger partial charge is 0.157 e. The molecule has 0 aromatic carbocycles. The Kier molecular flexibility index (Phi) is 4.09. The average molecular weight is 269 g/mol. The van der Waals surface area contributed by atoms with Crippen LogP contribution in [0.1, 0.15) is 37.5 Å². The van der Waals surface area contributed by atoms with E-state index < -0.39 is 0 Å². The van der Waals surface area contributed by atoms with E-state index in [1.54, 1.807) is 11.3 Å². The number of hydrogen-bond acceptors (Lipinski definition) is 5. The summed E-state index contributed by atoms with van der Waals surface area (Å²) in [5.74, 6) is 0.681. The van der Waals surface area contributed by atoms with Crippen molar-refractivity contribution in [1.29, 1.82) is 0 Å². The molecule has 94 valence electrons. The predicted molar refractivity (Wildman–Crippen MR) is 76.9 cm³/mol. The Morgan fingerprint density at radius 2 is 2.18 bits per heavy atom. The lowest BCUT2D eigenvalue weighted by Gasteiger charge is -2.14. The summed E-state index contributed by atoms with van der Waals surface area (Å²) in [7, 11) is 0. The zero-order valence-corrected chi connectivity index (χ0v) is 12.4. The second-order valence-electron chi connectivity index (χ2n) is 4.74. The Bertz CT molecular complexity index is 412. The molecule has 0 spiro atoms. The van der Waals surface area contributed by atoms with Crippen molar-refractivity contribution < 1.29 is 0 Å². The molecule has 2 heterocycles. The van der Waals surface area contributed by atoms with Crippen LogP contribution in [0.5, 0.6) is 0 Å². The van der Waals surface area contributed by atoms with Gasteiger partial charge in [0.25, 0.3) is 0 Å². The number of aromatic nitrogens is 1. The lowest BCUT2D eigenvalue weighted by Crippen LogP contribution is -2.23. The fraction of sp³-hybridized carbons (Fsp3) is 0.667. The maximum Gasteiger partial charge on any atom is 0.157 e. The first-order valence-electron chi connectivity index (χ1n) is 5.96. The lowest BCUT2D eigenvalue weighted by atomic mass is 10.1. The van der Waals surface area contributed by atoms with Crippen LogP contribution in [0.2, 0.25) is 0 Å². The number of rotatable bonds is 3. The molecule has 2 atom stereocenters. The van der Waals surface area contributed by atoms with Gasteiger partial charge in [-0.15, -0.1) is 11.3 Å². The SMILES string of the molecule is Cc1csc(C(C)NC2=NCC(C(C)C)S2)n1. The summed E-state index contributed by atoms with van der Waals surface area (Å²) < 4.78 is 0. The zero-order valence-electron chi connectivity index (χ0n) is 10.7. The van der Waals surface area contributed by atoms with Crippen molar-refractivity contribution >= 4 is 28.3 Å². The van der Waals surface area contributed by atoms with Gasteiger partial charge in [-0.2, -0.15) is 0 Å². The molecule has 1 aromatic heterocycles. The van der Waals surface area contributed by atoms with Crippen LogP contribution in [-0.2, 0) is 0 Å². The van der Waals surface area contributed by atoms with E-state index in [0.29, 0.717) is 11.2 Å². The monoisotopic (exact) mass is 269 g/mol. The summed E-state index contributed by atoms with van der Waals surface area (Å²) >= 11 is 3.57. The fourth-order valence-electron chi connectivity index (χ4n) is 1.64. The molecule has 0 amide bonds. The topological polar surface area (TPSA) is 37.3 Å². The molecule has 0 saturated heterocycles. The lowest BCUT2D eigenvalue weighted by molar-refractivity contribution is 0.620. The van der Waals surface area contributed by atoms with Gasteiger partial charge in [0.1, 0.15) is 5.01 Å². The average Bonchev–Trinajstić information content (AvgIpc) is 2.86. The summed E-state index contributed by atoms with van der Waals surface area (Å²) in [6, 6.07) is 0.255. The minimum Gasteiger partial charge on any atom is -0.356 e. The number of thioether (sulfide) groups is 1. The maximum absolute atomic E-state index is 4.56. The largest absolute Gasteiger partial charge is 0.356 e. The first kappa shape index (κ1) is 12.9. The van der Waals surface area contributed by atoms with E-state index in [0.717, 1.165) is 22.4 Å². The number of nitrogens with zero attached hydrogens (tertiary/aromatic N) is 2. The number of nitrogens with one attached hydrogen (secondary N) is 1. The molecule has 17 heavy (non-hydrogen) atoms. The summed E-state index contributed by atoms with van der Waals surface area (Å²) in [4.78, 5) is 9.05. The van der Waals surface area contributed by atoms with Crippen molar-refractivity contribution in [2.75, 3.05) is 6.54 Å². The predicted octanol–water partition coefficient (Wildman–Crippen LogP) is 3.23. The van der Waals surface area contributed by atoms with Crippen LogP contribution in [-0.4, -0.2) is 21.9 Å². The van der Waals surface area contributed by atoms with Crippen molar-refractivity contribution in [1.82, 2.24) is 10.3 Å². The van der Waals surface area contributed by atoms with Gasteiger partial charge >= 0.3 is 0 Å². The van der Waals surface area contributed by atoms with E-state index >= 15 is 0 Å². The molecule has 3 nitrogen and oxygen atoms in total.